The van der Waals surface area contributed by atoms with Crippen molar-refractivity contribution in [2.75, 3.05) is 0 Å². The standard InChI is InChI=1S/C18H24N2O2/c1-6-20-17(21)15(18(4,5)22)11-16(19-20)14-9-7-13(8-10-14)12(2)3/h7-12,22H,6H2,1-5H3. The van der Waals surface area contributed by atoms with Crippen molar-refractivity contribution in [3.05, 3.63) is 51.8 Å². The Hall–Kier alpha value is -1.94. The molecule has 0 spiro atoms. The minimum Gasteiger partial charge on any atom is -0.386 e. The topological polar surface area (TPSA) is 55.1 Å². The average molecular weight is 300 g/mol. The van der Waals surface area contributed by atoms with Crippen molar-refractivity contribution in [2.45, 2.75) is 52.7 Å². The van der Waals surface area contributed by atoms with Gasteiger partial charge in [-0.05, 0) is 38.3 Å². The SMILES string of the molecule is CCn1nc(-c2ccc(C(C)C)cc2)cc(C(C)(C)O)c1=O. The lowest BCUT2D eigenvalue weighted by atomic mass is 9.97. The zero-order valence-corrected chi connectivity index (χ0v) is 13.9. The minimum atomic E-state index is -1.19. The highest BCUT2D eigenvalue weighted by atomic mass is 16.3. The Labute approximate surface area is 131 Å². The monoisotopic (exact) mass is 300 g/mol. The Morgan fingerprint density at radius 1 is 1.23 bits per heavy atom. The summed E-state index contributed by atoms with van der Waals surface area (Å²) in [6.45, 7) is 9.88. The van der Waals surface area contributed by atoms with Crippen LogP contribution in [0, 0.1) is 0 Å². The molecule has 0 radical (unpaired) electrons. The molecule has 0 atom stereocenters. The molecular formula is C18H24N2O2. The summed E-state index contributed by atoms with van der Waals surface area (Å²) < 4.78 is 1.40. The van der Waals surface area contributed by atoms with Crippen molar-refractivity contribution in [3.63, 3.8) is 0 Å². The largest absolute Gasteiger partial charge is 0.386 e. The molecular weight excluding hydrogens is 276 g/mol. The summed E-state index contributed by atoms with van der Waals surface area (Å²) in [7, 11) is 0. The van der Waals surface area contributed by atoms with Crippen LogP contribution in [0.3, 0.4) is 0 Å². The summed E-state index contributed by atoms with van der Waals surface area (Å²) in [6, 6.07) is 9.87. The molecule has 2 aromatic rings. The molecule has 0 bridgehead atoms. The quantitative estimate of drug-likeness (QED) is 0.942. The molecule has 2 rings (SSSR count). The second-order valence-electron chi connectivity index (χ2n) is 6.40. The first-order valence-corrected chi connectivity index (χ1v) is 7.69. The molecule has 0 amide bonds. The molecule has 1 aromatic heterocycles. The number of aryl methyl sites for hydroxylation is 1. The summed E-state index contributed by atoms with van der Waals surface area (Å²) in [5.41, 5.74) is 1.84. The molecule has 0 aliphatic rings. The van der Waals surface area contributed by atoms with Crippen LogP contribution in [0.5, 0.6) is 0 Å². The highest BCUT2D eigenvalue weighted by Crippen LogP contribution is 2.24. The first kappa shape index (κ1) is 16.4. The van der Waals surface area contributed by atoms with E-state index in [2.05, 4.69) is 31.1 Å². The first-order valence-electron chi connectivity index (χ1n) is 7.69. The summed E-state index contributed by atoms with van der Waals surface area (Å²) in [5.74, 6) is 0.471. The van der Waals surface area contributed by atoms with Gasteiger partial charge in [0.05, 0.1) is 16.9 Å². The van der Waals surface area contributed by atoms with Crippen LogP contribution in [0.2, 0.25) is 0 Å². The summed E-state index contributed by atoms with van der Waals surface area (Å²) in [5, 5.41) is 14.6. The molecule has 0 fully saturated rings. The Morgan fingerprint density at radius 2 is 1.82 bits per heavy atom. The van der Waals surface area contributed by atoms with E-state index in [4.69, 9.17) is 0 Å². The molecule has 1 aromatic carbocycles. The van der Waals surface area contributed by atoms with Gasteiger partial charge in [-0.3, -0.25) is 4.79 Å². The van der Waals surface area contributed by atoms with Crippen LogP contribution < -0.4 is 5.56 Å². The summed E-state index contributed by atoms with van der Waals surface area (Å²) >= 11 is 0. The van der Waals surface area contributed by atoms with Gasteiger partial charge in [0.2, 0.25) is 0 Å². The fourth-order valence-electron chi connectivity index (χ4n) is 2.37. The maximum atomic E-state index is 12.3. The smallest absolute Gasteiger partial charge is 0.272 e. The molecule has 118 valence electrons. The van der Waals surface area contributed by atoms with Gasteiger partial charge in [0.15, 0.2) is 0 Å². The molecule has 1 N–H and O–H groups in total. The fourth-order valence-corrected chi connectivity index (χ4v) is 2.37. The zero-order valence-electron chi connectivity index (χ0n) is 13.9. The fraction of sp³-hybridized carbons (Fsp3) is 0.444. The first-order chi connectivity index (χ1) is 10.2. The van der Waals surface area contributed by atoms with Gasteiger partial charge in [-0.25, -0.2) is 4.68 Å². The predicted molar refractivity (Wildman–Crippen MR) is 88.9 cm³/mol. The van der Waals surface area contributed by atoms with Crippen molar-refractivity contribution >= 4 is 0 Å². The van der Waals surface area contributed by atoms with Crippen LogP contribution in [0.15, 0.2) is 35.1 Å². The van der Waals surface area contributed by atoms with Gasteiger partial charge < -0.3 is 5.11 Å². The van der Waals surface area contributed by atoms with Gasteiger partial charge in [-0.1, -0.05) is 38.1 Å². The Morgan fingerprint density at radius 3 is 2.27 bits per heavy atom. The summed E-state index contributed by atoms with van der Waals surface area (Å²) in [4.78, 5) is 12.3. The van der Waals surface area contributed by atoms with Crippen molar-refractivity contribution in [3.8, 4) is 11.3 Å². The van der Waals surface area contributed by atoms with Gasteiger partial charge in [-0.2, -0.15) is 5.10 Å². The van der Waals surface area contributed by atoms with E-state index in [1.54, 1.807) is 19.9 Å². The number of rotatable bonds is 4. The maximum Gasteiger partial charge on any atom is 0.272 e. The van der Waals surface area contributed by atoms with Gasteiger partial charge in [0, 0.05) is 12.1 Å². The van der Waals surface area contributed by atoms with Crippen molar-refractivity contribution < 1.29 is 5.11 Å². The van der Waals surface area contributed by atoms with Gasteiger partial charge >= 0.3 is 0 Å². The lowest BCUT2D eigenvalue weighted by molar-refractivity contribution is 0.0762. The number of benzene rings is 1. The molecule has 1 heterocycles. The van der Waals surface area contributed by atoms with E-state index in [0.717, 1.165) is 5.56 Å². The van der Waals surface area contributed by atoms with Crippen LogP contribution in [-0.4, -0.2) is 14.9 Å². The maximum absolute atomic E-state index is 12.3. The number of hydrogen-bond donors (Lipinski definition) is 1. The van der Waals surface area contributed by atoms with Crippen LogP contribution >= 0.6 is 0 Å². The molecule has 4 nitrogen and oxygen atoms in total. The Bertz CT molecular complexity index is 707. The van der Waals surface area contributed by atoms with E-state index in [1.165, 1.54) is 10.2 Å². The van der Waals surface area contributed by atoms with E-state index < -0.39 is 5.60 Å². The van der Waals surface area contributed by atoms with Crippen LogP contribution in [0.1, 0.15) is 51.7 Å². The van der Waals surface area contributed by atoms with Crippen LogP contribution in [0.4, 0.5) is 0 Å². The molecule has 0 saturated heterocycles. The second-order valence-corrected chi connectivity index (χ2v) is 6.40. The average Bonchev–Trinajstić information content (AvgIpc) is 2.46. The van der Waals surface area contributed by atoms with Crippen LogP contribution in [0.25, 0.3) is 11.3 Å². The minimum absolute atomic E-state index is 0.238. The molecule has 0 saturated carbocycles. The molecule has 4 heteroatoms. The Kier molecular flexibility index (Phi) is 4.52. The third-order valence-corrected chi connectivity index (χ3v) is 3.81. The van der Waals surface area contributed by atoms with Gasteiger partial charge in [0.1, 0.15) is 0 Å². The van der Waals surface area contributed by atoms with Crippen molar-refractivity contribution in [2.24, 2.45) is 0 Å². The van der Waals surface area contributed by atoms with E-state index in [1.807, 2.05) is 19.1 Å². The number of aliphatic hydroxyl groups is 1. The Balaban J connectivity index is 2.58. The van der Waals surface area contributed by atoms with E-state index in [9.17, 15) is 9.90 Å². The number of nitrogens with zero attached hydrogens (tertiary/aromatic N) is 2. The third kappa shape index (κ3) is 3.28. The molecule has 0 aliphatic carbocycles. The lowest BCUT2D eigenvalue weighted by Gasteiger charge is -2.19. The van der Waals surface area contributed by atoms with E-state index in [0.29, 0.717) is 23.7 Å². The van der Waals surface area contributed by atoms with Crippen molar-refractivity contribution in [1.82, 2.24) is 9.78 Å². The highest BCUT2D eigenvalue weighted by Gasteiger charge is 2.23. The lowest BCUT2D eigenvalue weighted by Crippen LogP contribution is -2.33. The zero-order chi connectivity index (χ0) is 16.5. The summed E-state index contributed by atoms with van der Waals surface area (Å²) in [6.07, 6.45) is 0. The van der Waals surface area contributed by atoms with E-state index in [-0.39, 0.29) is 5.56 Å². The third-order valence-electron chi connectivity index (χ3n) is 3.81. The molecule has 22 heavy (non-hydrogen) atoms. The number of aromatic nitrogens is 2. The van der Waals surface area contributed by atoms with Gasteiger partial charge in [-0.15, -0.1) is 0 Å². The van der Waals surface area contributed by atoms with Gasteiger partial charge in [0.25, 0.3) is 5.56 Å². The van der Waals surface area contributed by atoms with Crippen LogP contribution in [-0.2, 0) is 12.1 Å². The molecule has 0 aliphatic heterocycles. The number of hydrogen-bond acceptors (Lipinski definition) is 3. The van der Waals surface area contributed by atoms with E-state index >= 15 is 0 Å². The highest BCUT2D eigenvalue weighted by molar-refractivity contribution is 5.60. The second kappa shape index (κ2) is 6.05. The normalized spacial score (nSPS) is 12.0. The predicted octanol–water partition coefficient (Wildman–Crippen LogP) is 3.28. The molecule has 0 unspecified atom stereocenters. The van der Waals surface area contributed by atoms with Crippen molar-refractivity contribution in [1.29, 1.82) is 0 Å².